The Morgan fingerprint density at radius 1 is 1.13 bits per heavy atom. The fourth-order valence-corrected chi connectivity index (χ4v) is 3.77. The number of methoxy groups -OCH3 is 1. The van der Waals surface area contributed by atoms with E-state index in [-0.39, 0.29) is 21.2 Å². The first-order chi connectivity index (χ1) is 10.7. The van der Waals surface area contributed by atoms with Gasteiger partial charge in [0.15, 0.2) is 0 Å². The lowest BCUT2D eigenvalue weighted by Crippen LogP contribution is -2.15. The molecule has 122 valence electrons. The summed E-state index contributed by atoms with van der Waals surface area (Å²) in [6.45, 7) is 1.71. The fourth-order valence-electron chi connectivity index (χ4n) is 1.87. The van der Waals surface area contributed by atoms with Crippen molar-refractivity contribution in [2.75, 3.05) is 11.8 Å². The first-order valence-corrected chi connectivity index (χ1v) is 8.65. The molecule has 0 saturated carbocycles. The zero-order valence-electron chi connectivity index (χ0n) is 12.3. The highest BCUT2D eigenvalue weighted by atomic mass is 35.5. The van der Waals surface area contributed by atoms with Crippen molar-refractivity contribution in [2.24, 2.45) is 0 Å². The van der Waals surface area contributed by atoms with Crippen molar-refractivity contribution < 1.29 is 17.9 Å². The van der Waals surface area contributed by atoms with Gasteiger partial charge in [0, 0.05) is 5.02 Å². The van der Waals surface area contributed by atoms with Crippen molar-refractivity contribution in [3.8, 4) is 0 Å². The van der Waals surface area contributed by atoms with Crippen molar-refractivity contribution in [1.29, 1.82) is 0 Å². The molecular weight excluding hydrogens is 361 g/mol. The van der Waals surface area contributed by atoms with E-state index in [2.05, 4.69) is 9.46 Å². The van der Waals surface area contributed by atoms with Gasteiger partial charge in [0.2, 0.25) is 0 Å². The summed E-state index contributed by atoms with van der Waals surface area (Å²) in [5.74, 6) is -0.560. The molecule has 0 saturated heterocycles. The van der Waals surface area contributed by atoms with Crippen LogP contribution in [0.5, 0.6) is 0 Å². The quantitative estimate of drug-likeness (QED) is 0.825. The van der Waals surface area contributed by atoms with Crippen LogP contribution in [0.1, 0.15) is 15.9 Å². The third kappa shape index (κ3) is 3.96. The van der Waals surface area contributed by atoms with Crippen LogP contribution in [-0.2, 0) is 14.8 Å². The second-order valence-corrected chi connectivity index (χ2v) is 7.20. The number of sulfonamides is 1. The number of hydrogen-bond acceptors (Lipinski definition) is 4. The molecule has 0 spiro atoms. The summed E-state index contributed by atoms with van der Waals surface area (Å²) in [7, 11) is -2.68. The van der Waals surface area contributed by atoms with Gasteiger partial charge in [-0.2, -0.15) is 0 Å². The summed E-state index contributed by atoms with van der Waals surface area (Å²) in [5, 5.41) is 0.338. The van der Waals surface area contributed by atoms with Crippen LogP contribution >= 0.6 is 23.2 Å². The zero-order valence-corrected chi connectivity index (χ0v) is 14.6. The van der Waals surface area contributed by atoms with Gasteiger partial charge in [-0.15, -0.1) is 0 Å². The molecule has 0 bridgehead atoms. The van der Waals surface area contributed by atoms with Crippen LogP contribution in [0.15, 0.2) is 41.3 Å². The van der Waals surface area contributed by atoms with Gasteiger partial charge in [-0.1, -0.05) is 29.3 Å². The Morgan fingerprint density at radius 2 is 1.83 bits per heavy atom. The highest BCUT2D eigenvalue weighted by Gasteiger charge is 2.20. The standard InChI is InChI=1S/C15H13Cl2NO4S/c1-9-3-4-10(15(19)22-2)7-13(9)18-23(20,21)14-6-5-11(16)8-12(14)17/h3-8,18H,1-2H3. The zero-order chi connectivity index (χ0) is 17.2. The van der Waals surface area contributed by atoms with Crippen molar-refractivity contribution in [1.82, 2.24) is 0 Å². The predicted molar refractivity (Wildman–Crippen MR) is 89.8 cm³/mol. The van der Waals surface area contributed by atoms with E-state index in [0.717, 1.165) is 0 Å². The van der Waals surface area contributed by atoms with Crippen LogP contribution in [0.25, 0.3) is 0 Å². The Balaban J connectivity index is 2.43. The SMILES string of the molecule is COC(=O)c1ccc(C)c(NS(=O)(=O)c2ccc(Cl)cc2Cl)c1. The minimum Gasteiger partial charge on any atom is -0.465 e. The predicted octanol–water partition coefficient (Wildman–Crippen LogP) is 3.89. The molecule has 0 heterocycles. The fraction of sp³-hybridized carbons (Fsp3) is 0.133. The van der Waals surface area contributed by atoms with E-state index in [4.69, 9.17) is 23.2 Å². The molecule has 0 atom stereocenters. The summed E-state index contributed by atoms with van der Waals surface area (Å²) in [6.07, 6.45) is 0. The van der Waals surface area contributed by atoms with Crippen LogP contribution < -0.4 is 4.72 Å². The molecule has 0 amide bonds. The summed E-state index contributed by atoms with van der Waals surface area (Å²) in [5.41, 5.74) is 1.14. The molecule has 2 aromatic rings. The molecule has 0 fully saturated rings. The summed E-state index contributed by atoms with van der Waals surface area (Å²) >= 11 is 11.7. The number of ether oxygens (including phenoxy) is 1. The van der Waals surface area contributed by atoms with E-state index in [1.807, 2.05) is 0 Å². The van der Waals surface area contributed by atoms with Gasteiger partial charge in [-0.25, -0.2) is 13.2 Å². The van der Waals surface area contributed by atoms with Crippen LogP contribution in [0.4, 0.5) is 5.69 Å². The van der Waals surface area contributed by atoms with Gasteiger partial charge in [0.05, 0.1) is 23.4 Å². The molecular formula is C15H13Cl2NO4S. The van der Waals surface area contributed by atoms with Gasteiger partial charge in [0.1, 0.15) is 4.90 Å². The molecule has 0 radical (unpaired) electrons. The summed E-state index contributed by atoms with van der Waals surface area (Å²) in [4.78, 5) is 11.5. The number of anilines is 1. The van der Waals surface area contributed by atoms with Crippen LogP contribution in [0, 0.1) is 6.92 Å². The number of rotatable bonds is 4. The number of esters is 1. The Bertz CT molecular complexity index is 866. The van der Waals surface area contributed by atoms with E-state index >= 15 is 0 Å². The lowest BCUT2D eigenvalue weighted by atomic mass is 10.1. The third-order valence-corrected chi connectivity index (χ3v) is 5.17. The minimum absolute atomic E-state index is 0.00627. The smallest absolute Gasteiger partial charge is 0.337 e. The average molecular weight is 374 g/mol. The minimum atomic E-state index is -3.93. The van der Waals surface area contributed by atoms with Gasteiger partial charge in [-0.05, 0) is 42.8 Å². The summed E-state index contributed by atoms with van der Waals surface area (Å²) in [6, 6.07) is 8.66. The average Bonchev–Trinajstić information content (AvgIpc) is 2.48. The molecule has 23 heavy (non-hydrogen) atoms. The number of nitrogens with one attached hydrogen (secondary N) is 1. The van der Waals surface area contributed by atoms with Crippen molar-refractivity contribution >= 4 is 44.9 Å². The van der Waals surface area contributed by atoms with E-state index < -0.39 is 16.0 Å². The van der Waals surface area contributed by atoms with Gasteiger partial charge in [0.25, 0.3) is 10.0 Å². The highest BCUT2D eigenvalue weighted by Crippen LogP contribution is 2.28. The van der Waals surface area contributed by atoms with Crippen LogP contribution in [0.3, 0.4) is 0 Å². The molecule has 8 heteroatoms. The van der Waals surface area contributed by atoms with Crippen LogP contribution in [-0.4, -0.2) is 21.5 Å². The lowest BCUT2D eigenvalue weighted by molar-refractivity contribution is 0.0601. The number of hydrogen-bond donors (Lipinski definition) is 1. The van der Waals surface area contributed by atoms with Crippen LogP contribution in [0.2, 0.25) is 10.0 Å². The Labute approximate surface area is 144 Å². The molecule has 0 aromatic heterocycles. The maximum atomic E-state index is 12.5. The van der Waals surface area contributed by atoms with Gasteiger partial charge >= 0.3 is 5.97 Å². The molecule has 1 N–H and O–H groups in total. The maximum Gasteiger partial charge on any atom is 0.337 e. The normalized spacial score (nSPS) is 11.1. The van der Waals surface area contributed by atoms with Crippen molar-refractivity contribution in [3.05, 3.63) is 57.6 Å². The molecule has 2 rings (SSSR count). The first-order valence-electron chi connectivity index (χ1n) is 6.41. The number of carbonyl (C=O) groups excluding carboxylic acids is 1. The van der Waals surface area contributed by atoms with Crippen molar-refractivity contribution in [3.63, 3.8) is 0 Å². The molecule has 0 unspecified atom stereocenters. The Morgan fingerprint density at radius 3 is 2.43 bits per heavy atom. The maximum absolute atomic E-state index is 12.5. The second kappa shape index (κ2) is 6.78. The topological polar surface area (TPSA) is 72.5 Å². The Kier molecular flexibility index (Phi) is 5.19. The number of benzene rings is 2. The molecule has 2 aromatic carbocycles. The molecule has 0 aliphatic heterocycles. The lowest BCUT2D eigenvalue weighted by Gasteiger charge is -2.13. The Hall–Kier alpha value is -1.76. The molecule has 0 aliphatic rings. The van der Waals surface area contributed by atoms with E-state index in [1.54, 1.807) is 19.1 Å². The van der Waals surface area contributed by atoms with Crippen molar-refractivity contribution in [2.45, 2.75) is 11.8 Å². The highest BCUT2D eigenvalue weighted by molar-refractivity contribution is 7.92. The largest absolute Gasteiger partial charge is 0.465 e. The van der Waals surface area contributed by atoms with Gasteiger partial charge in [-0.3, -0.25) is 4.72 Å². The first kappa shape index (κ1) is 17.6. The monoisotopic (exact) mass is 373 g/mol. The third-order valence-electron chi connectivity index (χ3n) is 3.09. The van der Waals surface area contributed by atoms with E-state index in [9.17, 15) is 13.2 Å². The number of carbonyl (C=O) groups is 1. The molecule has 0 aliphatic carbocycles. The summed E-state index contributed by atoms with van der Waals surface area (Å²) < 4.78 is 32.0. The van der Waals surface area contributed by atoms with E-state index in [0.29, 0.717) is 10.6 Å². The number of aryl methyl sites for hydroxylation is 1. The second-order valence-electron chi connectivity index (χ2n) is 4.70. The van der Waals surface area contributed by atoms with E-state index in [1.165, 1.54) is 31.4 Å². The van der Waals surface area contributed by atoms with Gasteiger partial charge < -0.3 is 4.74 Å². The number of halogens is 2. The molecule has 5 nitrogen and oxygen atoms in total.